The van der Waals surface area contributed by atoms with Gasteiger partial charge in [0.25, 0.3) is 0 Å². The van der Waals surface area contributed by atoms with E-state index in [-0.39, 0.29) is 31.9 Å². The third-order valence-corrected chi connectivity index (χ3v) is 14.5. The third kappa shape index (κ3) is 8.17. The normalized spacial score (nSPS) is 12.1. The summed E-state index contributed by atoms with van der Waals surface area (Å²) in [5, 5.41) is 7.71. The van der Waals surface area contributed by atoms with Crippen molar-refractivity contribution in [2.24, 2.45) is 0 Å². The van der Waals surface area contributed by atoms with Crippen LogP contribution in [0.5, 0.6) is 0 Å². The molecule has 0 atom stereocenters. The van der Waals surface area contributed by atoms with Crippen LogP contribution in [0.1, 0.15) is 52.7 Å². The van der Waals surface area contributed by atoms with E-state index in [4.69, 9.17) is 9.40 Å². The van der Waals surface area contributed by atoms with Crippen LogP contribution in [-0.2, 0) is 31.9 Å². The molecule has 1 aliphatic rings. The van der Waals surface area contributed by atoms with Gasteiger partial charge < -0.3 is 18.0 Å². The van der Waals surface area contributed by atoms with E-state index in [1.165, 1.54) is 16.7 Å². The van der Waals surface area contributed by atoms with Gasteiger partial charge in [-0.3, -0.25) is 0 Å². The molecule has 0 aliphatic carbocycles. The molecule has 1 aliphatic heterocycles. The molecule has 0 fully saturated rings. The van der Waals surface area contributed by atoms with Crippen LogP contribution in [0.25, 0.3) is 116 Å². The summed E-state index contributed by atoms with van der Waals surface area (Å²) >= 11 is 0. The van der Waals surface area contributed by atoms with E-state index >= 15 is 0 Å². The summed E-state index contributed by atoms with van der Waals surface area (Å²) in [5.74, 6) is 0. The van der Waals surface area contributed by atoms with Crippen molar-refractivity contribution in [3.63, 3.8) is 0 Å². The number of fused-ring (bicyclic) bond motifs is 23. The van der Waals surface area contributed by atoms with E-state index in [1.54, 1.807) is 0 Å². The quantitative estimate of drug-likeness (QED) is 0.162. The first-order valence-electron chi connectivity index (χ1n) is 25.2. The molecule has 0 N–H and O–H groups in total. The van der Waals surface area contributed by atoms with E-state index in [2.05, 4.69) is 262 Å². The van der Waals surface area contributed by atoms with Crippen LogP contribution in [0.4, 0.5) is 0 Å². The fourth-order valence-corrected chi connectivity index (χ4v) is 10.7. The predicted molar refractivity (Wildman–Crippen MR) is 305 cm³/mol. The number of hydrogen-bond acceptors (Lipinski definition) is 2. The molecule has 9 aromatic carbocycles. The minimum absolute atomic E-state index is 0. The standard InChI is InChI=1S/C68H53N4O.Pt/c1-67(2,3)49-32-29-44(30-33-49)46-31-36-61-58(38-46)56-35-34-53-42-64(56)72(61)65-28-16-25-60(69-65)48-20-14-19-47(37-48)54-23-10-11-24-55(54)59-40-50(68(4,5)6)39-57(45-17-8-7-9-18-45)66(59)71-43-70(62-26-12-13-27-63(62)71)51-21-15-22-52(41-51)73-53;/h7-40,43H,1-6H3;/q-3;. The van der Waals surface area contributed by atoms with Gasteiger partial charge in [0.15, 0.2) is 0 Å². The molecule has 4 heterocycles. The van der Waals surface area contributed by atoms with Gasteiger partial charge in [-0.25, -0.2) is 4.98 Å². The summed E-state index contributed by atoms with van der Waals surface area (Å²) < 4.78 is 13.6. The van der Waals surface area contributed by atoms with Crippen molar-refractivity contribution in [3.05, 3.63) is 236 Å². The molecule has 3 aromatic heterocycles. The topological polar surface area (TPSA) is 40.3 Å². The zero-order valence-corrected chi connectivity index (χ0v) is 44.5. The first-order valence-corrected chi connectivity index (χ1v) is 25.2. The van der Waals surface area contributed by atoms with Gasteiger partial charge in [0, 0.05) is 49.5 Å². The molecule has 0 amide bonds. The van der Waals surface area contributed by atoms with Crippen molar-refractivity contribution in [1.29, 1.82) is 0 Å². The molecule has 364 valence electrons. The van der Waals surface area contributed by atoms with Crippen molar-refractivity contribution >= 4 is 82.1 Å². The number of rotatable bonds is 2. The summed E-state index contributed by atoms with van der Waals surface area (Å²) in [5.41, 5.74) is 15.9. The Morgan fingerprint density at radius 1 is 0.459 bits per heavy atom. The second kappa shape index (κ2) is 18.1. The minimum Gasteiger partial charge on any atom is -0.510 e. The maximum absolute atomic E-state index is 6.80. The maximum Gasteiger partial charge on any atom is 0.136 e. The number of benzene rings is 9. The van der Waals surface area contributed by atoms with Crippen LogP contribution in [0.15, 0.2) is 217 Å². The van der Waals surface area contributed by atoms with Gasteiger partial charge in [-0.05, 0) is 112 Å². The molecule has 0 saturated carbocycles. The van der Waals surface area contributed by atoms with Crippen LogP contribution in [0.3, 0.4) is 0 Å². The van der Waals surface area contributed by atoms with Crippen molar-refractivity contribution < 1.29 is 25.5 Å². The van der Waals surface area contributed by atoms with Crippen LogP contribution in [-0.4, -0.2) is 18.5 Å². The van der Waals surface area contributed by atoms with Gasteiger partial charge in [-0.1, -0.05) is 199 Å². The summed E-state index contributed by atoms with van der Waals surface area (Å²) in [6.07, 6.45) is 2.22. The fourth-order valence-electron chi connectivity index (χ4n) is 10.7. The third-order valence-electron chi connectivity index (χ3n) is 14.5. The van der Waals surface area contributed by atoms with Crippen LogP contribution >= 0.6 is 0 Å². The Morgan fingerprint density at radius 2 is 1.14 bits per heavy atom. The van der Waals surface area contributed by atoms with E-state index in [0.29, 0.717) is 11.2 Å². The maximum atomic E-state index is 6.80. The molecular formula is C68H53N4OPt-3. The molecule has 10 bridgehead atoms. The Labute approximate surface area is 445 Å². The Balaban J connectivity index is 0.00000556. The fraction of sp³-hybridized carbons (Fsp3) is 0.118. The van der Waals surface area contributed by atoms with Crippen molar-refractivity contribution in [3.8, 4) is 33.6 Å². The van der Waals surface area contributed by atoms with Gasteiger partial charge in [-0.15, -0.1) is 29.1 Å². The SMILES string of the molecule is CC(C)(C)c1ccc(-c2ccc3c(c2)c2ccc4[c-]c2n3c2cccc(n2)c2cccc(c2)c2ccccc2c2cc(C(C)(C)C)cc(-c3ccccc3)c2n2[cH-]n(c3[c-]c(ccc3)o4)-c3ccccc3-2)cc1.[Pt]. The zero-order valence-electron chi connectivity index (χ0n) is 42.2. The number of nitrogens with zero attached hydrogens (tertiary/aromatic N) is 4. The molecule has 5 nitrogen and oxygen atoms in total. The van der Waals surface area contributed by atoms with Crippen molar-refractivity contribution in [1.82, 2.24) is 18.5 Å². The monoisotopic (exact) mass is 1140 g/mol. The molecule has 0 spiro atoms. The average Bonchev–Trinajstić information content (AvgIpc) is 3.96. The average molecular weight is 1140 g/mol. The van der Waals surface area contributed by atoms with Gasteiger partial charge >= 0.3 is 0 Å². The summed E-state index contributed by atoms with van der Waals surface area (Å²) in [6, 6.07) is 81.7. The molecule has 13 rings (SSSR count). The number of imidazole rings is 1. The first kappa shape index (κ1) is 46.9. The summed E-state index contributed by atoms with van der Waals surface area (Å²) in [7, 11) is 0. The number of pyridine rings is 1. The molecule has 0 radical (unpaired) electrons. The van der Waals surface area contributed by atoms with Crippen LogP contribution in [0.2, 0.25) is 0 Å². The molecule has 12 aromatic rings. The van der Waals surface area contributed by atoms with Gasteiger partial charge in [0.05, 0.1) is 5.52 Å². The van der Waals surface area contributed by atoms with E-state index < -0.39 is 0 Å². The minimum atomic E-state index is -0.145. The molecule has 6 heteroatoms. The Hall–Kier alpha value is -8.11. The van der Waals surface area contributed by atoms with E-state index in [9.17, 15) is 0 Å². The molecule has 0 unspecified atom stereocenters. The van der Waals surface area contributed by atoms with Crippen molar-refractivity contribution in [2.75, 3.05) is 0 Å². The Morgan fingerprint density at radius 3 is 1.92 bits per heavy atom. The summed E-state index contributed by atoms with van der Waals surface area (Å²) in [4.78, 5) is 5.49. The predicted octanol–water partition coefficient (Wildman–Crippen LogP) is 18.1. The largest absolute Gasteiger partial charge is 0.510 e. The number of aromatic nitrogens is 4. The second-order valence-corrected chi connectivity index (χ2v) is 21.4. The zero-order chi connectivity index (χ0) is 49.6. The molecular weight excluding hydrogens is 1080 g/mol. The molecule has 74 heavy (non-hydrogen) atoms. The van der Waals surface area contributed by atoms with Crippen molar-refractivity contribution in [2.45, 2.75) is 52.4 Å². The molecule has 0 saturated heterocycles. The van der Waals surface area contributed by atoms with Crippen LogP contribution < -0.4 is 0 Å². The van der Waals surface area contributed by atoms with E-state index in [0.717, 1.165) is 99.0 Å². The van der Waals surface area contributed by atoms with Gasteiger partial charge in [0.2, 0.25) is 0 Å². The Bertz CT molecular complexity index is 4450. The number of hydrogen-bond donors (Lipinski definition) is 0. The number of para-hydroxylation sites is 2. The second-order valence-electron chi connectivity index (χ2n) is 21.4. The van der Waals surface area contributed by atoms with Crippen LogP contribution in [0, 0.1) is 12.1 Å². The van der Waals surface area contributed by atoms with Gasteiger partial charge in [-0.2, -0.15) is 24.3 Å². The van der Waals surface area contributed by atoms with E-state index in [1.807, 2.05) is 18.2 Å². The smallest absolute Gasteiger partial charge is 0.136 e. The van der Waals surface area contributed by atoms with Gasteiger partial charge in [0.1, 0.15) is 5.65 Å². The Kier molecular flexibility index (Phi) is 11.5. The summed E-state index contributed by atoms with van der Waals surface area (Å²) in [6.45, 7) is 13.7. The first-order chi connectivity index (χ1) is 35.4.